The minimum absolute atomic E-state index is 0.156. The van der Waals surface area contributed by atoms with E-state index in [1.165, 1.54) is 0 Å². The summed E-state index contributed by atoms with van der Waals surface area (Å²) in [5.41, 5.74) is -3.30. The standard InChI is InChI=1S/C10H7F5O2/c1-9(11,12)7-4-5(10(13,14)15)2-3-6(7)8(16)17/h2-4H,1H3,(H,16,17). The van der Waals surface area contributed by atoms with Gasteiger partial charge in [-0.25, -0.2) is 13.6 Å². The maximum atomic E-state index is 13.0. The molecule has 0 spiro atoms. The maximum absolute atomic E-state index is 13.0. The predicted molar refractivity (Wildman–Crippen MR) is 48.0 cm³/mol. The van der Waals surface area contributed by atoms with Gasteiger partial charge in [0.25, 0.3) is 5.92 Å². The summed E-state index contributed by atoms with van der Waals surface area (Å²) in [5, 5.41) is 8.61. The average molecular weight is 254 g/mol. The molecule has 2 nitrogen and oxygen atoms in total. The number of alkyl halides is 5. The summed E-state index contributed by atoms with van der Waals surface area (Å²) in [6.07, 6.45) is -4.79. The van der Waals surface area contributed by atoms with Crippen LogP contribution in [0.1, 0.15) is 28.4 Å². The Morgan fingerprint density at radius 2 is 1.71 bits per heavy atom. The van der Waals surface area contributed by atoms with Crippen molar-refractivity contribution < 1.29 is 31.9 Å². The third-order valence-electron chi connectivity index (χ3n) is 2.05. The number of carboxylic acid groups (broad SMARTS) is 1. The number of halogens is 5. The molecule has 0 bridgehead atoms. The van der Waals surface area contributed by atoms with Crippen LogP contribution in [0.3, 0.4) is 0 Å². The number of rotatable bonds is 2. The van der Waals surface area contributed by atoms with E-state index in [2.05, 4.69) is 0 Å². The molecule has 1 aromatic carbocycles. The number of carboxylic acids is 1. The van der Waals surface area contributed by atoms with Gasteiger partial charge in [0.05, 0.1) is 11.1 Å². The Kier molecular flexibility index (Phi) is 3.13. The fraction of sp³-hybridized carbons (Fsp3) is 0.300. The summed E-state index contributed by atoms with van der Waals surface area (Å²) in [7, 11) is 0. The molecule has 94 valence electrons. The number of aromatic carboxylic acids is 1. The van der Waals surface area contributed by atoms with Crippen molar-refractivity contribution in [2.75, 3.05) is 0 Å². The first-order chi connectivity index (χ1) is 7.53. The number of carbonyl (C=O) groups is 1. The van der Waals surface area contributed by atoms with Crippen LogP contribution >= 0.6 is 0 Å². The highest BCUT2D eigenvalue weighted by Gasteiger charge is 2.36. The summed E-state index contributed by atoms with van der Waals surface area (Å²) in [6, 6.07) is 1.14. The average Bonchev–Trinajstić information content (AvgIpc) is 2.14. The second-order valence-electron chi connectivity index (χ2n) is 3.45. The van der Waals surface area contributed by atoms with E-state index in [-0.39, 0.29) is 6.07 Å². The summed E-state index contributed by atoms with van der Waals surface area (Å²) >= 11 is 0. The molecule has 0 aliphatic heterocycles. The highest BCUT2D eigenvalue weighted by molar-refractivity contribution is 5.89. The molecule has 1 rings (SSSR count). The zero-order valence-electron chi connectivity index (χ0n) is 8.48. The Balaban J connectivity index is 3.46. The van der Waals surface area contributed by atoms with Gasteiger partial charge in [-0.05, 0) is 18.2 Å². The van der Waals surface area contributed by atoms with E-state index >= 15 is 0 Å². The van der Waals surface area contributed by atoms with Gasteiger partial charge < -0.3 is 5.11 Å². The Hall–Kier alpha value is -1.66. The van der Waals surface area contributed by atoms with Crippen molar-refractivity contribution in [1.82, 2.24) is 0 Å². The minimum Gasteiger partial charge on any atom is -0.478 e. The van der Waals surface area contributed by atoms with Crippen molar-refractivity contribution in [3.05, 3.63) is 34.9 Å². The molecule has 17 heavy (non-hydrogen) atoms. The Labute approximate surface area is 92.7 Å². The third kappa shape index (κ3) is 2.92. The van der Waals surface area contributed by atoms with Crippen LogP contribution in [0.15, 0.2) is 18.2 Å². The Bertz CT molecular complexity index is 445. The highest BCUT2D eigenvalue weighted by Crippen LogP contribution is 2.36. The van der Waals surface area contributed by atoms with Gasteiger partial charge in [-0.2, -0.15) is 13.2 Å². The molecule has 0 saturated carbocycles. The predicted octanol–water partition coefficient (Wildman–Crippen LogP) is 3.52. The van der Waals surface area contributed by atoms with Gasteiger partial charge in [0, 0.05) is 12.5 Å². The minimum atomic E-state index is -4.79. The van der Waals surface area contributed by atoms with Gasteiger partial charge in [0.2, 0.25) is 0 Å². The van der Waals surface area contributed by atoms with Crippen LogP contribution in [-0.4, -0.2) is 11.1 Å². The van der Waals surface area contributed by atoms with Crippen LogP contribution in [-0.2, 0) is 12.1 Å². The van der Waals surface area contributed by atoms with Crippen LogP contribution in [0.4, 0.5) is 22.0 Å². The molecule has 0 aromatic heterocycles. The molecule has 0 atom stereocenters. The number of hydrogen-bond acceptors (Lipinski definition) is 1. The first kappa shape index (κ1) is 13.4. The van der Waals surface area contributed by atoms with Crippen LogP contribution in [0.2, 0.25) is 0 Å². The van der Waals surface area contributed by atoms with Crippen molar-refractivity contribution in [3.63, 3.8) is 0 Å². The SMILES string of the molecule is CC(F)(F)c1cc(C(F)(F)F)ccc1C(=O)O. The summed E-state index contributed by atoms with van der Waals surface area (Å²) in [6.45, 7) is 0.342. The van der Waals surface area contributed by atoms with E-state index in [9.17, 15) is 26.7 Å². The van der Waals surface area contributed by atoms with Gasteiger partial charge in [0.15, 0.2) is 0 Å². The van der Waals surface area contributed by atoms with E-state index in [1.54, 1.807) is 0 Å². The fourth-order valence-corrected chi connectivity index (χ4v) is 1.27. The summed E-state index contributed by atoms with van der Waals surface area (Å²) in [4.78, 5) is 10.6. The van der Waals surface area contributed by atoms with E-state index in [1.807, 2.05) is 0 Å². The largest absolute Gasteiger partial charge is 0.478 e. The summed E-state index contributed by atoms with van der Waals surface area (Å²) in [5.74, 6) is -5.36. The van der Waals surface area contributed by atoms with Crippen molar-refractivity contribution in [3.8, 4) is 0 Å². The highest BCUT2D eigenvalue weighted by atomic mass is 19.4. The van der Waals surface area contributed by atoms with E-state index in [0.717, 1.165) is 0 Å². The van der Waals surface area contributed by atoms with Crippen LogP contribution in [0, 0.1) is 0 Å². The molecule has 0 saturated heterocycles. The molecule has 0 unspecified atom stereocenters. The lowest BCUT2D eigenvalue weighted by atomic mass is 9.99. The summed E-state index contributed by atoms with van der Waals surface area (Å²) < 4.78 is 62.9. The third-order valence-corrected chi connectivity index (χ3v) is 2.05. The van der Waals surface area contributed by atoms with Gasteiger partial charge >= 0.3 is 12.1 Å². The van der Waals surface area contributed by atoms with Gasteiger partial charge in [-0.15, -0.1) is 0 Å². The molecule has 0 radical (unpaired) electrons. The first-order valence-corrected chi connectivity index (χ1v) is 4.36. The van der Waals surface area contributed by atoms with Gasteiger partial charge in [0.1, 0.15) is 0 Å². The molecule has 0 aliphatic rings. The van der Waals surface area contributed by atoms with Gasteiger partial charge in [-0.3, -0.25) is 0 Å². The number of hydrogen-bond donors (Lipinski definition) is 1. The lowest BCUT2D eigenvalue weighted by molar-refractivity contribution is -0.137. The zero-order valence-corrected chi connectivity index (χ0v) is 8.48. The van der Waals surface area contributed by atoms with E-state index < -0.39 is 34.8 Å². The first-order valence-electron chi connectivity index (χ1n) is 4.36. The topological polar surface area (TPSA) is 37.3 Å². The van der Waals surface area contributed by atoms with Crippen LogP contribution in [0.5, 0.6) is 0 Å². The van der Waals surface area contributed by atoms with Crippen molar-refractivity contribution in [2.45, 2.75) is 19.0 Å². The Morgan fingerprint density at radius 3 is 2.06 bits per heavy atom. The van der Waals surface area contributed by atoms with E-state index in [0.29, 0.717) is 19.1 Å². The number of benzene rings is 1. The molecule has 1 aromatic rings. The molecule has 0 fully saturated rings. The smallest absolute Gasteiger partial charge is 0.416 e. The molecule has 7 heteroatoms. The molecule has 0 amide bonds. The van der Waals surface area contributed by atoms with Crippen molar-refractivity contribution in [2.24, 2.45) is 0 Å². The maximum Gasteiger partial charge on any atom is 0.416 e. The quantitative estimate of drug-likeness (QED) is 0.820. The zero-order chi connectivity index (χ0) is 13.4. The molecule has 1 N–H and O–H groups in total. The molecular weight excluding hydrogens is 247 g/mol. The van der Waals surface area contributed by atoms with Crippen LogP contribution < -0.4 is 0 Å². The molecule has 0 aliphatic carbocycles. The molecular formula is C10H7F5O2. The van der Waals surface area contributed by atoms with Crippen LogP contribution in [0.25, 0.3) is 0 Å². The normalized spacial score (nSPS) is 12.6. The Morgan fingerprint density at radius 1 is 1.18 bits per heavy atom. The van der Waals surface area contributed by atoms with Gasteiger partial charge in [-0.1, -0.05) is 0 Å². The monoisotopic (exact) mass is 254 g/mol. The molecule has 0 heterocycles. The van der Waals surface area contributed by atoms with E-state index in [4.69, 9.17) is 5.11 Å². The lowest BCUT2D eigenvalue weighted by Crippen LogP contribution is -2.16. The lowest BCUT2D eigenvalue weighted by Gasteiger charge is -2.16. The second kappa shape index (κ2) is 3.97. The fourth-order valence-electron chi connectivity index (χ4n) is 1.27. The van der Waals surface area contributed by atoms with Crippen molar-refractivity contribution >= 4 is 5.97 Å². The van der Waals surface area contributed by atoms with Crippen molar-refractivity contribution in [1.29, 1.82) is 0 Å². The second-order valence-corrected chi connectivity index (χ2v) is 3.45.